The molecule has 0 N–H and O–H groups in total. The summed E-state index contributed by atoms with van der Waals surface area (Å²) in [4.78, 5) is 21.7. The van der Waals surface area contributed by atoms with E-state index < -0.39 is 24.3 Å². The van der Waals surface area contributed by atoms with Crippen molar-refractivity contribution in [2.24, 2.45) is 0 Å². The first kappa shape index (κ1) is 10.6. The van der Waals surface area contributed by atoms with Gasteiger partial charge in [-0.2, -0.15) is 0 Å². The molecule has 0 radical (unpaired) electrons. The number of rotatable bonds is 3. The van der Waals surface area contributed by atoms with Crippen LogP contribution in [0.1, 0.15) is 13.8 Å². The van der Waals surface area contributed by atoms with Gasteiger partial charge < -0.3 is 14.2 Å². The van der Waals surface area contributed by atoms with E-state index in [9.17, 15) is 9.59 Å². The molecule has 1 aliphatic rings. The van der Waals surface area contributed by atoms with Crippen LogP contribution in [0.3, 0.4) is 0 Å². The monoisotopic (exact) mass is 200 g/mol. The molecule has 0 amide bonds. The SMILES string of the molecule is C=C(C)C(=O)OC(C)C1COC(=O)O1. The molecule has 1 saturated heterocycles. The van der Waals surface area contributed by atoms with E-state index in [0.29, 0.717) is 5.57 Å². The molecule has 1 aliphatic heterocycles. The van der Waals surface area contributed by atoms with Gasteiger partial charge in [0.1, 0.15) is 12.7 Å². The first-order valence-corrected chi connectivity index (χ1v) is 4.20. The summed E-state index contributed by atoms with van der Waals surface area (Å²) in [5, 5.41) is 0. The Bertz CT molecular complexity index is 270. The highest BCUT2D eigenvalue weighted by Crippen LogP contribution is 2.13. The molecule has 78 valence electrons. The third-order valence-corrected chi connectivity index (χ3v) is 1.78. The van der Waals surface area contributed by atoms with Crippen molar-refractivity contribution in [3.8, 4) is 0 Å². The Kier molecular flexibility index (Phi) is 3.11. The van der Waals surface area contributed by atoms with E-state index in [-0.39, 0.29) is 6.61 Å². The minimum absolute atomic E-state index is 0.115. The van der Waals surface area contributed by atoms with Crippen molar-refractivity contribution in [1.29, 1.82) is 0 Å². The molecule has 1 fully saturated rings. The lowest BCUT2D eigenvalue weighted by Crippen LogP contribution is -2.30. The molecule has 1 heterocycles. The molecule has 5 nitrogen and oxygen atoms in total. The molecular weight excluding hydrogens is 188 g/mol. The zero-order chi connectivity index (χ0) is 10.7. The molecule has 2 unspecified atom stereocenters. The summed E-state index contributed by atoms with van der Waals surface area (Å²) in [6, 6.07) is 0. The Morgan fingerprint density at radius 2 is 2.36 bits per heavy atom. The zero-order valence-electron chi connectivity index (χ0n) is 8.11. The zero-order valence-corrected chi connectivity index (χ0v) is 8.11. The molecule has 0 aromatic carbocycles. The lowest BCUT2D eigenvalue weighted by atomic mass is 10.2. The van der Waals surface area contributed by atoms with Gasteiger partial charge in [0, 0.05) is 5.57 Å². The fourth-order valence-electron chi connectivity index (χ4n) is 0.918. The molecule has 0 aromatic heterocycles. The second-order valence-electron chi connectivity index (χ2n) is 3.11. The van der Waals surface area contributed by atoms with Crippen LogP contribution in [0.2, 0.25) is 0 Å². The van der Waals surface area contributed by atoms with Gasteiger partial charge in [0.15, 0.2) is 6.10 Å². The topological polar surface area (TPSA) is 61.8 Å². The molecule has 5 heteroatoms. The van der Waals surface area contributed by atoms with Crippen LogP contribution in [-0.4, -0.2) is 30.9 Å². The van der Waals surface area contributed by atoms with Crippen LogP contribution in [0.5, 0.6) is 0 Å². The average molecular weight is 200 g/mol. The van der Waals surface area contributed by atoms with Crippen molar-refractivity contribution >= 4 is 12.1 Å². The van der Waals surface area contributed by atoms with E-state index in [1.54, 1.807) is 13.8 Å². The predicted molar refractivity (Wildman–Crippen MR) is 46.6 cm³/mol. The third kappa shape index (κ3) is 2.48. The highest BCUT2D eigenvalue weighted by atomic mass is 16.8. The molecule has 1 rings (SSSR count). The summed E-state index contributed by atoms with van der Waals surface area (Å²) < 4.78 is 14.2. The second-order valence-corrected chi connectivity index (χ2v) is 3.11. The average Bonchev–Trinajstić information content (AvgIpc) is 2.51. The summed E-state index contributed by atoms with van der Waals surface area (Å²) >= 11 is 0. The standard InChI is InChI=1S/C9H12O5/c1-5(2)8(10)13-6(3)7-4-12-9(11)14-7/h6-7H,1,4H2,2-3H3. The van der Waals surface area contributed by atoms with Gasteiger partial charge in [-0.15, -0.1) is 0 Å². The maximum atomic E-state index is 11.1. The predicted octanol–water partition coefficient (Wildman–Crippen LogP) is 1.03. The van der Waals surface area contributed by atoms with E-state index in [1.807, 2.05) is 0 Å². The van der Waals surface area contributed by atoms with Crippen LogP contribution in [0.15, 0.2) is 12.2 Å². The minimum Gasteiger partial charge on any atom is -0.455 e. The smallest absolute Gasteiger partial charge is 0.455 e. The lowest BCUT2D eigenvalue weighted by Gasteiger charge is -2.16. The van der Waals surface area contributed by atoms with E-state index in [0.717, 1.165) is 0 Å². The first-order valence-electron chi connectivity index (χ1n) is 4.20. The number of cyclic esters (lactones) is 2. The number of esters is 1. The lowest BCUT2D eigenvalue weighted by molar-refractivity contribution is -0.147. The maximum Gasteiger partial charge on any atom is 0.508 e. The highest BCUT2D eigenvalue weighted by molar-refractivity contribution is 5.87. The number of hydrogen-bond acceptors (Lipinski definition) is 5. The Hall–Kier alpha value is -1.52. The maximum absolute atomic E-state index is 11.1. The van der Waals surface area contributed by atoms with E-state index in [1.165, 1.54) is 0 Å². The van der Waals surface area contributed by atoms with Crippen LogP contribution in [0.4, 0.5) is 4.79 Å². The molecule has 0 spiro atoms. The third-order valence-electron chi connectivity index (χ3n) is 1.78. The normalized spacial score (nSPS) is 22.1. The van der Waals surface area contributed by atoms with Crippen LogP contribution in [0.25, 0.3) is 0 Å². The molecule has 2 atom stereocenters. The van der Waals surface area contributed by atoms with Crippen molar-refractivity contribution in [3.05, 3.63) is 12.2 Å². The van der Waals surface area contributed by atoms with Crippen molar-refractivity contribution in [1.82, 2.24) is 0 Å². The van der Waals surface area contributed by atoms with Gasteiger partial charge in [-0.05, 0) is 13.8 Å². The molecule has 0 bridgehead atoms. The summed E-state index contributed by atoms with van der Waals surface area (Å²) in [6.07, 6.45) is -1.77. The Labute approximate surface area is 81.6 Å². The summed E-state index contributed by atoms with van der Waals surface area (Å²) in [6.45, 7) is 6.73. The fraction of sp³-hybridized carbons (Fsp3) is 0.556. The van der Waals surface area contributed by atoms with E-state index in [2.05, 4.69) is 11.3 Å². The highest BCUT2D eigenvalue weighted by Gasteiger charge is 2.32. The van der Waals surface area contributed by atoms with E-state index >= 15 is 0 Å². The van der Waals surface area contributed by atoms with Crippen LogP contribution in [-0.2, 0) is 19.0 Å². The van der Waals surface area contributed by atoms with Crippen LogP contribution < -0.4 is 0 Å². The van der Waals surface area contributed by atoms with Gasteiger partial charge in [-0.25, -0.2) is 9.59 Å². The van der Waals surface area contributed by atoms with Crippen molar-refractivity contribution < 1.29 is 23.8 Å². The Balaban J connectivity index is 2.42. The van der Waals surface area contributed by atoms with Crippen LogP contribution >= 0.6 is 0 Å². The first-order chi connectivity index (χ1) is 6.50. The summed E-state index contributed by atoms with van der Waals surface area (Å²) in [7, 11) is 0. The molecule has 14 heavy (non-hydrogen) atoms. The molecule has 0 saturated carbocycles. The largest absolute Gasteiger partial charge is 0.508 e. The van der Waals surface area contributed by atoms with Crippen LogP contribution in [0, 0.1) is 0 Å². The molecular formula is C9H12O5. The van der Waals surface area contributed by atoms with Crippen molar-refractivity contribution in [2.45, 2.75) is 26.1 Å². The van der Waals surface area contributed by atoms with Gasteiger partial charge in [-0.1, -0.05) is 6.58 Å². The van der Waals surface area contributed by atoms with Gasteiger partial charge in [0.25, 0.3) is 0 Å². The summed E-state index contributed by atoms with van der Waals surface area (Å²) in [5.41, 5.74) is 0.307. The second kappa shape index (κ2) is 4.13. The number of carbonyl (C=O) groups excluding carboxylic acids is 2. The fourth-order valence-corrected chi connectivity index (χ4v) is 0.918. The van der Waals surface area contributed by atoms with Gasteiger partial charge >= 0.3 is 12.1 Å². The minimum atomic E-state index is -0.728. The molecule has 0 aliphatic carbocycles. The van der Waals surface area contributed by atoms with Crippen molar-refractivity contribution in [3.63, 3.8) is 0 Å². The van der Waals surface area contributed by atoms with Gasteiger partial charge in [0.05, 0.1) is 0 Å². The van der Waals surface area contributed by atoms with Crippen molar-refractivity contribution in [2.75, 3.05) is 6.61 Å². The quantitative estimate of drug-likeness (QED) is 0.503. The number of carbonyl (C=O) groups is 2. The van der Waals surface area contributed by atoms with Gasteiger partial charge in [-0.3, -0.25) is 0 Å². The Morgan fingerprint density at radius 1 is 1.71 bits per heavy atom. The van der Waals surface area contributed by atoms with E-state index in [4.69, 9.17) is 9.47 Å². The number of hydrogen-bond donors (Lipinski definition) is 0. The number of ether oxygens (including phenoxy) is 3. The van der Waals surface area contributed by atoms with Gasteiger partial charge in [0.2, 0.25) is 0 Å². The summed E-state index contributed by atoms with van der Waals surface area (Å²) in [5.74, 6) is -0.500. The Morgan fingerprint density at radius 3 is 2.79 bits per heavy atom. The molecule has 0 aromatic rings.